The number of rotatable bonds is 4. The first-order chi connectivity index (χ1) is 15.3. The molecule has 164 valence electrons. The average Bonchev–Trinajstić information content (AvgIpc) is 3.42. The van der Waals surface area contributed by atoms with Crippen molar-refractivity contribution in [1.82, 2.24) is 14.8 Å². The Morgan fingerprint density at radius 2 is 1.94 bits per heavy atom. The molecule has 1 saturated heterocycles. The zero-order chi connectivity index (χ0) is 22.6. The summed E-state index contributed by atoms with van der Waals surface area (Å²) in [6.07, 6.45) is 2.23. The van der Waals surface area contributed by atoms with Crippen molar-refractivity contribution in [2.45, 2.75) is 38.6 Å². The van der Waals surface area contributed by atoms with Crippen LogP contribution in [0, 0.1) is 19.7 Å². The SMILES string of the molecule is Cc1cc(C(=O)CN2C(=O)N[C@@]3(CCCc4sccc43)C2=O)c(C)n1-c1ccc(F)cc1. The Labute approximate surface area is 188 Å². The molecular formula is C24H22FN3O3S. The molecule has 0 saturated carbocycles. The number of urea groups is 1. The molecule has 8 heteroatoms. The number of amides is 3. The Morgan fingerprint density at radius 1 is 1.19 bits per heavy atom. The lowest BCUT2D eigenvalue weighted by Crippen LogP contribution is -2.46. The van der Waals surface area contributed by atoms with Gasteiger partial charge in [0.2, 0.25) is 0 Å². The van der Waals surface area contributed by atoms with Crippen LogP contribution in [0.4, 0.5) is 9.18 Å². The number of nitrogens with zero attached hydrogens (tertiary/aromatic N) is 2. The van der Waals surface area contributed by atoms with Crippen LogP contribution in [-0.4, -0.2) is 33.7 Å². The molecule has 6 nitrogen and oxygen atoms in total. The highest BCUT2D eigenvalue weighted by Gasteiger charge is 2.54. The molecule has 3 aromatic rings. The van der Waals surface area contributed by atoms with Gasteiger partial charge >= 0.3 is 6.03 Å². The van der Waals surface area contributed by atoms with E-state index in [0.717, 1.165) is 39.6 Å². The van der Waals surface area contributed by atoms with Crippen LogP contribution in [0.3, 0.4) is 0 Å². The molecule has 32 heavy (non-hydrogen) atoms. The Balaban J connectivity index is 1.43. The summed E-state index contributed by atoms with van der Waals surface area (Å²) in [5.41, 5.74) is 2.46. The van der Waals surface area contributed by atoms with E-state index in [0.29, 0.717) is 17.7 Å². The molecule has 1 atom stereocenters. The predicted molar refractivity (Wildman–Crippen MR) is 119 cm³/mol. The van der Waals surface area contributed by atoms with Crippen LogP contribution in [0.15, 0.2) is 41.8 Å². The van der Waals surface area contributed by atoms with Gasteiger partial charge in [-0.3, -0.25) is 14.5 Å². The van der Waals surface area contributed by atoms with Crippen molar-refractivity contribution >= 4 is 29.1 Å². The summed E-state index contributed by atoms with van der Waals surface area (Å²) in [5, 5.41) is 4.82. The van der Waals surface area contributed by atoms with Gasteiger partial charge in [-0.15, -0.1) is 11.3 Å². The van der Waals surface area contributed by atoms with E-state index in [1.807, 2.05) is 22.9 Å². The van der Waals surface area contributed by atoms with Crippen molar-refractivity contribution < 1.29 is 18.8 Å². The number of carbonyl (C=O) groups is 3. The maximum absolute atomic E-state index is 13.4. The molecule has 1 fully saturated rings. The van der Waals surface area contributed by atoms with Gasteiger partial charge in [-0.25, -0.2) is 9.18 Å². The minimum atomic E-state index is -1.06. The number of aryl methyl sites for hydroxylation is 2. The Morgan fingerprint density at radius 3 is 2.69 bits per heavy atom. The molecule has 1 spiro atoms. The third kappa shape index (κ3) is 3.01. The van der Waals surface area contributed by atoms with E-state index < -0.39 is 11.6 Å². The zero-order valence-electron chi connectivity index (χ0n) is 17.8. The molecule has 0 bridgehead atoms. The first-order valence-corrected chi connectivity index (χ1v) is 11.4. The van der Waals surface area contributed by atoms with Crippen LogP contribution >= 0.6 is 11.3 Å². The van der Waals surface area contributed by atoms with E-state index in [1.54, 1.807) is 36.5 Å². The van der Waals surface area contributed by atoms with Crippen molar-refractivity contribution in [2.75, 3.05) is 6.54 Å². The van der Waals surface area contributed by atoms with Gasteiger partial charge in [0, 0.05) is 33.1 Å². The van der Waals surface area contributed by atoms with Crippen LogP contribution in [0.1, 0.15) is 45.0 Å². The summed E-state index contributed by atoms with van der Waals surface area (Å²) in [4.78, 5) is 41.5. The fourth-order valence-electron chi connectivity index (χ4n) is 4.95. The second-order valence-electron chi connectivity index (χ2n) is 8.36. The highest BCUT2D eigenvalue weighted by molar-refractivity contribution is 7.10. The van der Waals surface area contributed by atoms with Gasteiger partial charge in [0.1, 0.15) is 11.4 Å². The fraction of sp³-hybridized carbons (Fsp3) is 0.292. The van der Waals surface area contributed by atoms with Crippen molar-refractivity contribution in [3.8, 4) is 5.69 Å². The molecule has 1 aliphatic heterocycles. The van der Waals surface area contributed by atoms with Crippen molar-refractivity contribution in [2.24, 2.45) is 0 Å². The minimum absolute atomic E-state index is 0.312. The lowest BCUT2D eigenvalue weighted by molar-refractivity contribution is -0.131. The molecular weight excluding hydrogens is 429 g/mol. The molecule has 1 N–H and O–H groups in total. The minimum Gasteiger partial charge on any atom is -0.319 e. The summed E-state index contributed by atoms with van der Waals surface area (Å²) < 4.78 is 15.2. The third-order valence-electron chi connectivity index (χ3n) is 6.45. The maximum atomic E-state index is 13.4. The number of hydrogen-bond acceptors (Lipinski definition) is 4. The van der Waals surface area contributed by atoms with Gasteiger partial charge in [-0.05, 0) is 74.9 Å². The molecule has 5 rings (SSSR count). The number of benzene rings is 1. The number of fused-ring (bicyclic) bond motifs is 2. The van der Waals surface area contributed by atoms with Crippen LogP contribution in [-0.2, 0) is 16.8 Å². The van der Waals surface area contributed by atoms with Crippen molar-refractivity contribution in [3.05, 3.63) is 75.0 Å². The van der Waals surface area contributed by atoms with Gasteiger partial charge in [0.25, 0.3) is 5.91 Å². The van der Waals surface area contributed by atoms with Crippen LogP contribution in [0.2, 0.25) is 0 Å². The summed E-state index contributed by atoms with van der Waals surface area (Å²) in [6.45, 7) is 3.34. The number of aromatic nitrogens is 1. The molecule has 0 unspecified atom stereocenters. The monoisotopic (exact) mass is 451 g/mol. The number of Topliss-reactive ketones (excluding diaryl/α,β-unsaturated/α-hetero) is 1. The fourth-order valence-corrected chi connectivity index (χ4v) is 5.95. The van der Waals surface area contributed by atoms with E-state index in [9.17, 15) is 18.8 Å². The van der Waals surface area contributed by atoms with Crippen LogP contribution < -0.4 is 5.32 Å². The Kier molecular flexibility index (Phi) is 4.78. The topological polar surface area (TPSA) is 71.4 Å². The summed E-state index contributed by atoms with van der Waals surface area (Å²) in [5.74, 6) is -1.01. The van der Waals surface area contributed by atoms with Crippen LogP contribution in [0.5, 0.6) is 0 Å². The van der Waals surface area contributed by atoms with Crippen LogP contribution in [0.25, 0.3) is 5.69 Å². The van der Waals surface area contributed by atoms with Crippen molar-refractivity contribution in [1.29, 1.82) is 0 Å². The summed E-state index contributed by atoms with van der Waals surface area (Å²) >= 11 is 1.59. The second-order valence-corrected chi connectivity index (χ2v) is 9.36. The number of halogens is 1. The molecule has 0 radical (unpaired) electrons. The summed E-state index contributed by atoms with van der Waals surface area (Å²) in [6, 6.07) is 9.13. The molecule has 1 aliphatic carbocycles. The number of imide groups is 1. The quantitative estimate of drug-likeness (QED) is 0.476. The smallest absolute Gasteiger partial charge is 0.319 e. The van der Waals surface area contributed by atoms with E-state index in [4.69, 9.17) is 0 Å². The first-order valence-electron chi connectivity index (χ1n) is 10.5. The van der Waals surface area contributed by atoms with Gasteiger partial charge in [0.15, 0.2) is 5.78 Å². The Bertz CT molecular complexity index is 1260. The molecule has 3 heterocycles. The number of ketones is 1. The van der Waals surface area contributed by atoms with E-state index >= 15 is 0 Å². The Hall–Kier alpha value is -3.26. The highest BCUT2D eigenvalue weighted by atomic mass is 32.1. The second kappa shape index (κ2) is 7.41. The third-order valence-corrected chi connectivity index (χ3v) is 7.44. The normalized spacial score (nSPS) is 20.0. The van der Waals surface area contributed by atoms with Gasteiger partial charge in [0.05, 0.1) is 6.54 Å². The molecule has 3 amide bonds. The standard InChI is InChI=1S/C24H22FN3O3S/c1-14-12-18(15(2)28(14)17-7-5-16(25)6-8-17)20(29)13-27-22(30)24(26-23(27)31)10-3-4-21-19(24)9-11-32-21/h5-9,11-12H,3-4,10,13H2,1-2H3,(H,26,31)/t24-/m1/s1. The number of nitrogens with one attached hydrogen (secondary N) is 1. The number of carbonyl (C=O) groups excluding carboxylic acids is 3. The maximum Gasteiger partial charge on any atom is 0.325 e. The average molecular weight is 452 g/mol. The number of thiophene rings is 1. The first kappa shape index (κ1) is 20.6. The largest absolute Gasteiger partial charge is 0.325 e. The molecule has 1 aromatic carbocycles. The molecule has 2 aliphatic rings. The van der Waals surface area contributed by atoms with Gasteiger partial charge in [-0.2, -0.15) is 0 Å². The lowest BCUT2D eigenvalue weighted by atomic mass is 9.80. The molecule has 2 aromatic heterocycles. The number of hydrogen-bond donors (Lipinski definition) is 1. The van der Waals surface area contributed by atoms with Gasteiger partial charge < -0.3 is 9.88 Å². The highest BCUT2D eigenvalue weighted by Crippen LogP contribution is 2.42. The predicted octanol–water partition coefficient (Wildman–Crippen LogP) is 4.26. The summed E-state index contributed by atoms with van der Waals surface area (Å²) in [7, 11) is 0. The van der Waals surface area contributed by atoms with E-state index in [1.165, 1.54) is 12.1 Å². The van der Waals surface area contributed by atoms with Crippen molar-refractivity contribution in [3.63, 3.8) is 0 Å². The van der Waals surface area contributed by atoms with E-state index in [2.05, 4.69) is 5.32 Å². The zero-order valence-corrected chi connectivity index (χ0v) is 18.6. The van der Waals surface area contributed by atoms with Gasteiger partial charge in [-0.1, -0.05) is 0 Å². The van der Waals surface area contributed by atoms with E-state index in [-0.39, 0.29) is 24.1 Å². The lowest BCUT2D eigenvalue weighted by Gasteiger charge is -2.31.